The van der Waals surface area contributed by atoms with Gasteiger partial charge in [0, 0.05) is 24.8 Å². The molecular formula is C13H16F3N3. The van der Waals surface area contributed by atoms with Crippen molar-refractivity contribution in [1.82, 2.24) is 9.88 Å². The Kier molecular flexibility index (Phi) is 2.92. The Labute approximate surface area is 109 Å². The Hall–Kier alpha value is -1.30. The molecule has 0 spiro atoms. The van der Waals surface area contributed by atoms with Gasteiger partial charge in [-0.1, -0.05) is 0 Å². The van der Waals surface area contributed by atoms with Crippen molar-refractivity contribution in [3.8, 4) is 0 Å². The first-order valence-corrected chi connectivity index (χ1v) is 6.43. The molecule has 3 atom stereocenters. The normalized spacial score (nSPS) is 30.8. The van der Waals surface area contributed by atoms with Crippen molar-refractivity contribution in [3.05, 3.63) is 23.9 Å². The number of halogens is 3. The lowest BCUT2D eigenvalue weighted by molar-refractivity contribution is -0.137. The average molecular weight is 271 g/mol. The monoisotopic (exact) mass is 271 g/mol. The number of likely N-dealkylation sites (tertiary alicyclic amines) is 1. The third-order valence-corrected chi connectivity index (χ3v) is 4.16. The molecule has 3 unspecified atom stereocenters. The van der Waals surface area contributed by atoms with Crippen molar-refractivity contribution in [2.24, 2.45) is 5.92 Å². The highest BCUT2D eigenvalue weighted by atomic mass is 19.4. The first-order chi connectivity index (χ1) is 8.93. The van der Waals surface area contributed by atoms with Gasteiger partial charge in [-0.05, 0) is 37.9 Å². The number of nitrogens with one attached hydrogen (secondary N) is 1. The van der Waals surface area contributed by atoms with Gasteiger partial charge in [0.05, 0.1) is 5.56 Å². The summed E-state index contributed by atoms with van der Waals surface area (Å²) in [7, 11) is 2.10. The number of likely N-dealkylation sites (N-methyl/N-ethyl adjacent to an activating group) is 1. The zero-order chi connectivity index (χ0) is 13.6. The molecule has 19 heavy (non-hydrogen) atoms. The van der Waals surface area contributed by atoms with Crippen molar-refractivity contribution in [1.29, 1.82) is 0 Å². The topological polar surface area (TPSA) is 28.2 Å². The number of anilines is 1. The van der Waals surface area contributed by atoms with Crippen LogP contribution in [0.1, 0.15) is 18.4 Å². The van der Waals surface area contributed by atoms with Crippen LogP contribution in [0.4, 0.5) is 19.0 Å². The fraction of sp³-hybridized carbons (Fsp3) is 0.615. The minimum absolute atomic E-state index is 0.299. The fourth-order valence-corrected chi connectivity index (χ4v) is 3.29. The van der Waals surface area contributed by atoms with Gasteiger partial charge in [-0.2, -0.15) is 13.2 Å². The summed E-state index contributed by atoms with van der Waals surface area (Å²) in [5, 5.41) is 3.26. The minimum Gasteiger partial charge on any atom is -0.366 e. The number of hydrogen-bond donors (Lipinski definition) is 1. The average Bonchev–Trinajstić information content (AvgIpc) is 2.87. The van der Waals surface area contributed by atoms with Crippen molar-refractivity contribution in [2.45, 2.75) is 31.1 Å². The van der Waals surface area contributed by atoms with E-state index in [1.807, 2.05) is 0 Å². The summed E-state index contributed by atoms with van der Waals surface area (Å²) in [6.45, 7) is 1.13. The maximum absolute atomic E-state index is 12.4. The SMILES string of the molecule is CN1CC2CC(Nc3ccc(C(F)(F)F)cn3)C1C2. The number of piperidine rings is 1. The number of pyridine rings is 1. The van der Waals surface area contributed by atoms with E-state index in [9.17, 15) is 13.2 Å². The van der Waals surface area contributed by atoms with Gasteiger partial charge >= 0.3 is 6.18 Å². The summed E-state index contributed by atoms with van der Waals surface area (Å²) in [6.07, 6.45) is -1.18. The molecule has 1 aromatic heterocycles. The Balaban J connectivity index is 1.68. The Morgan fingerprint density at radius 1 is 1.32 bits per heavy atom. The van der Waals surface area contributed by atoms with Gasteiger partial charge in [0.1, 0.15) is 5.82 Å². The van der Waals surface area contributed by atoms with Gasteiger partial charge in [-0.25, -0.2) is 4.98 Å². The Morgan fingerprint density at radius 3 is 2.63 bits per heavy atom. The molecule has 3 rings (SSSR count). The van der Waals surface area contributed by atoms with Crippen LogP contribution in [-0.2, 0) is 6.18 Å². The third kappa shape index (κ3) is 2.41. The maximum atomic E-state index is 12.4. The molecule has 6 heteroatoms. The van der Waals surface area contributed by atoms with Gasteiger partial charge in [0.25, 0.3) is 0 Å². The lowest BCUT2D eigenvalue weighted by Gasteiger charge is -2.31. The summed E-state index contributed by atoms with van der Waals surface area (Å²) in [6, 6.07) is 3.27. The van der Waals surface area contributed by atoms with Crippen LogP contribution in [-0.4, -0.2) is 35.6 Å². The number of rotatable bonds is 2. The van der Waals surface area contributed by atoms with E-state index in [0.29, 0.717) is 23.8 Å². The second-order valence-electron chi connectivity index (χ2n) is 5.53. The molecule has 1 aromatic rings. The molecule has 104 valence electrons. The van der Waals surface area contributed by atoms with Crippen molar-refractivity contribution >= 4 is 5.82 Å². The summed E-state index contributed by atoms with van der Waals surface area (Å²) in [4.78, 5) is 6.18. The largest absolute Gasteiger partial charge is 0.417 e. The van der Waals surface area contributed by atoms with Gasteiger partial charge in [-0.15, -0.1) is 0 Å². The van der Waals surface area contributed by atoms with Crippen LogP contribution in [0.5, 0.6) is 0 Å². The molecule has 3 nitrogen and oxygen atoms in total. The highest BCUT2D eigenvalue weighted by Gasteiger charge is 2.43. The number of fused-ring (bicyclic) bond motifs is 2. The molecule has 1 saturated carbocycles. The molecule has 1 aliphatic carbocycles. The van der Waals surface area contributed by atoms with Crippen LogP contribution >= 0.6 is 0 Å². The van der Waals surface area contributed by atoms with Gasteiger partial charge in [0.2, 0.25) is 0 Å². The van der Waals surface area contributed by atoms with E-state index in [-0.39, 0.29) is 0 Å². The number of aromatic nitrogens is 1. The van der Waals surface area contributed by atoms with Crippen LogP contribution in [0.15, 0.2) is 18.3 Å². The second kappa shape index (κ2) is 4.37. The van der Waals surface area contributed by atoms with Gasteiger partial charge in [0.15, 0.2) is 0 Å². The van der Waals surface area contributed by atoms with Crippen LogP contribution in [0, 0.1) is 5.92 Å². The molecule has 2 heterocycles. The lowest BCUT2D eigenvalue weighted by atomic mass is 10.1. The van der Waals surface area contributed by atoms with Gasteiger partial charge < -0.3 is 10.2 Å². The predicted octanol–water partition coefficient (Wildman–Crippen LogP) is 2.60. The number of nitrogens with zero attached hydrogens (tertiary/aromatic N) is 2. The number of alkyl halides is 3. The molecule has 1 N–H and O–H groups in total. The Morgan fingerprint density at radius 2 is 2.11 bits per heavy atom. The van der Waals surface area contributed by atoms with Crippen molar-refractivity contribution < 1.29 is 13.2 Å². The molecule has 0 aromatic carbocycles. The van der Waals surface area contributed by atoms with E-state index in [4.69, 9.17) is 0 Å². The molecule has 0 radical (unpaired) electrons. The standard InChI is InChI=1S/C13H16F3N3/c1-19-7-8-4-10(11(19)5-8)18-12-3-2-9(6-17-12)13(14,15)16/h2-3,6,8,10-11H,4-5,7H2,1H3,(H,17,18). The highest BCUT2D eigenvalue weighted by molar-refractivity contribution is 5.38. The Bertz CT molecular complexity index is 457. The fourth-order valence-electron chi connectivity index (χ4n) is 3.29. The maximum Gasteiger partial charge on any atom is 0.417 e. The molecule has 2 aliphatic rings. The van der Waals surface area contributed by atoms with Crippen LogP contribution in [0.2, 0.25) is 0 Å². The van der Waals surface area contributed by atoms with E-state index < -0.39 is 11.7 Å². The van der Waals surface area contributed by atoms with Crippen LogP contribution in [0.25, 0.3) is 0 Å². The van der Waals surface area contributed by atoms with E-state index in [2.05, 4.69) is 22.2 Å². The minimum atomic E-state index is -4.32. The molecule has 2 fully saturated rings. The number of hydrogen-bond acceptors (Lipinski definition) is 3. The third-order valence-electron chi connectivity index (χ3n) is 4.16. The first-order valence-electron chi connectivity index (χ1n) is 6.43. The van der Waals surface area contributed by atoms with Gasteiger partial charge in [-0.3, -0.25) is 0 Å². The lowest BCUT2D eigenvalue weighted by Crippen LogP contribution is -2.42. The highest BCUT2D eigenvalue weighted by Crippen LogP contribution is 2.38. The quantitative estimate of drug-likeness (QED) is 0.896. The predicted molar refractivity (Wildman–Crippen MR) is 65.8 cm³/mol. The van der Waals surface area contributed by atoms with Crippen LogP contribution in [0.3, 0.4) is 0 Å². The zero-order valence-electron chi connectivity index (χ0n) is 10.6. The van der Waals surface area contributed by atoms with E-state index in [0.717, 1.165) is 25.2 Å². The van der Waals surface area contributed by atoms with Crippen LogP contribution < -0.4 is 5.32 Å². The molecular weight excluding hydrogens is 255 g/mol. The summed E-state index contributed by atoms with van der Waals surface area (Å²) >= 11 is 0. The second-order valence-corrected chi connectivity index (χ2v) is 5.53. The first kappa shape index (κ1) is 12.7. The zero-order valence-corrected chi connectivity index (χ0v) is 10.6. The van der Waals surface area contributed by atoms with E-state index in [1.165, 1.54) is 12.5 Å². The van der Waals surface area contributed by atoms with E-state index >= 15 is 0 Å². The van der Waals surface area contributed by atoms with Crippen molar-refractivity contribution in [2.75, 3.05) is 18.9 Å². The van der Waals surface area contributed by atoms with Crippen molar-refractivity contribution in [3.63, 3.8) is 0 Å². The molecule has 1 aliphatic heterocycles. The molecule has 0 amide bonds. The molecule has 1 saturated heterocycles. The summed E-state index contributed by atoms with van der Waals surface area (Å²) in [5.74, 6) is 1.24. The molecule has 2 bridgehead atoms. The van der Waals surface area contributed by atoms with E-state index in [1.54, 1.807) is 0 Å². The summed E-state index contributed by atoms with van der Waals surface area (Å²) in [5.41, 5.74) is -0.705. The summed E-state index contributed by atoms with van der Waals surface area (Å²) < 4.78 is 37.3. The smallest absolute Gasteiger partial charge is 0.366 e.